The van der Waals surface area contributed by atoms with E-state index in [1.165, 1.54) is 111 Å². The van der Waals surface area contributed by atoms with Crippen molar-refractivity contribution in [3.8, 4) is 61.3 Å². The molecule has 1 aliphatic carbocycles. The molecular formula is C71H46N2. The van der Waals surface area contributed by atoms with Crippen LogP contribution in [0.3, 0.4) is 0 Å². The van der Waals surface area contributed by atoms with E-state index in [2.05, 4.69) is 289 Å². The minimum absolute atomic E-state index is 0.517. The number of rotatable bonds is 7. The lowest BCUT2D eigenvalue weighted by atomic mass is 9.65. The summed E-state index contributed by atoms with van der Waals surface area (Å²) < 4.78 is 2.52. The van der Waals surface area contributed by atoms with Crippen LogP contribution in [-0.2, 0) is 5.41 Å². The molecule has 1 aromatic heterocycles. The zero-order chi connectivity index (χ0) is 48.0. The molecule has 0 bridgehead atoms. The summed E-state index contributed by atoms with van der Waals surface area (Å²) in [5.74, 6) is 0. The molecule has 0 fully saturated rings. The first-order chi connectivity index (χ1) is 36.2. The van der Waals surface area contributed by atoms with Gasteiger partial charge in [-0.15, -0.1) is 0 Å². The molecule has 15 rings (SSSR count). The van der Waals surface area contributed by atoms with Gasteiger partial charge in [0.2, 0.25) is 0 Å². The van der Waals surface area contributed by atoms with E-state index in [1.54, 1.807) is 0 Å². The second-order valence-electron chi connectivity index (χ2n) is 19.5. The minimum Gasteiger partial charge on any atom is -0.310 e. The largest absolute Gasteiger partial charge is 0.310 e. The van der Waals surface area contributed by atoms with Crippen molar-refractivity contribution in [1.82, 2.24) is 4.57 Å². The van der Waals surface area contributed by atoms with Gasteiger partial charge in [0.15, 0.2) is 0 Å². The van der Waals surface area contributed by atoms with Gasteiger partial charge < -0.3 is 9.47 Å². The molecule has 0 amide bonds. The van der Waals surface area contributed by atoms with Crippen molar-refractivity contribution in [2.75, 3.05) is 4.90 Å². The van der Waals surface area contributed by atoms with E-state index in [-0.39, 0.29) is 0 Å². The summed E-state index contributed by atoms with van der Waals surface area (Å²) >= 11 is 0. The highest BCUT2D eigenvalue weighted by Crippen LogP contribution is 2.61. The number of para-hydroxylation sites is 4. The van der Waals surface area contributed by atoms with Crippen molar-refractivity contribution in [2.24, 2.45) is 0 Å². The molecule has 1 aliphatic heterocycles. The minimum atomic E-state index is -0.517. The topological polar surface area (TPSA) is 8.17 Å². The van der Waals surface area contributed by atoms with Gasteiger partial charge in [-0.25, -0.2) is 0 Å². The quantitative estimate of drug-likeness (QED) is 0.155. The zero-order valence-electron chi connectivity index (χ0n) is 40.0. The molecule has 1 spiro atoms. The van der Waals surface area contributed by atoms with Crippen LogP contribution < -0.4 is 4.90 Å². The number of hydrogen-bond acceptors (Lipinski definition) is 1. The van der Waals surface area contributed by atoms with E-state index < -0.39 is 5.41 Å². The highest BCUT2D eigenvalue weighted by molar-refractivity contribution is 6.13. The van der Waals surface area contributed by atoms with E-state index >= 15 is 0 Å². The van der Waals surface area contributed by atoms with Crippen molar-refractivity contribution >= 4 is 49.6 Å². The van der Waals surface area contributed by atoms with Gasteiger partial charge in [0.1, 0.15) is 0 Å². The number of anilines is 3. The third-order valence-electron chi connectivity index (χ3n) is 15.8. The van der Waals surface area contributed by atoms with Crippen LogP contribution >= 0.6 is 0 Å². The van der Waals surface area contributed by atoms with Gasteiger partial charge in [-0.1, -0.05) is 231 Å². The second kappa shape index (κ2) is 16.3. The van der Waals surface area contributed by atoms with Gasteiger partial charge in [0.05, 0.1) is 27.8 Å². The van der Waals surface area contributed by atoms with E-state index in [0.717, 1.165) is 22.6 Å². The molecule has 2 heteroatoms. The summed E-state index contributed by atoms with van der Waals surface area (Å²) in [6.07, 6.45) is 0. The smallest absolute Gasteiger partial charge is 0.0754 e. The van der Waals surface area contributed by atoms with Crippen molar-refractivity contribution in [3.05, 3.63) is 301 Å². The first-order valence-corrected chi connectivity index (χ1v) is 25.3. The molecule has 0 radical (unpaired) electrons. The van der Waals surface area contributed by atoms with E-state index in [1.807, 2.05) is 0 Å². The van der Waals surface area contributed by atoms with E-state index in [0.29, 0.717) is 0 Å². The number of fused-ring (bicyclic) bond motifs is 13. The lowest BCUT2D eigenvalue weighted by molar-refractivity contribution is 0.749. The van der Waals surface area contributed by atoms with Crippen molar-refractivity contribution in [3.63, 3.8) is 0 Å². The number of hydrogen-bond donors (Lipinski definition) is 0. The maximum absolute atomic E-state index is 2.52. The van der Waals surface area contributed by atoms with Crippen molar-refractivity contribution in [2.45, 2.75) is 5.41 Å². The fourth-order valence-corrected chi connectivity index (χ4v) is 12.7. The first kappa shape index (κ1) is 41.3. The predicted molar refractivity (Wildman–Crippen MR) is 306 cm³/mol. The van der Waals surface area contributed by atoms with E-state index in [9.17, 15) is 0 Å². The fourth-order valence-electron chi connectivity index (χ4n) is 12.7. The van der Waals surface area contributed by atoms with Gasteiger partial charge in [0.25, 0.3) is 0 Å². The van der Waals surface area contributed by atoms with Crippen molar-refractivity contribution < 1.29 is 0 Å². The van der Waals surface area contributed by atoms with Crippen LogP contribution in [0.15, 0.2) is 279 Å². The molecule has 0 N–H and O–H groups in total. The lowest BCUT2D eigenvalue weighted by Crippen LogP contribution is -2.33. The van der Waals surface area contributed by atoms with Gasteiger partial charge in [0, 0.05) is 27.7 Å². The number of nitrogens with zero attached hydrogens (tertiary/aromatic N) is 2. The molecule has 2 nitrogen and oxygen atoms in total. The maximum atomic E-state index is 2.52. The predicted octanol–water partition coefficient (Wildman–Crippen LogP) is 18.8. The summed E-state index contributed by atoms with van der Waals surface area (Å²) in [5.41, 5.74) is 23.9. The molecule has 2 heterocycles. The van der Waals surface area contributed by atoms with Crippen molar-refractivity contribution in [1.29, 1.82) is 0 Å². The molecule has 13 aromatic rings. The van der Waals surface area contributed by atoms with Crippen LogP contribution in [0.2, 0.25) is 0 Å². The molecule has 12 aromatic carbocycles. The first-order valence-electron chi connectivity index (χ1n) is 25.3. The van der Waals surface area contributed by atoms with Crippen LogP contribution in [0.1, 0.15) is 22.3 Å². The Bertz CT molecular complexity index is 4310. The average Bonchev–Trinajstić information content (AvgIpc) is 4.03. The summed E-state index contributed by atoms with van der Waals surface area (Å²) in [6.45, 7) is 0. The molecule has 1 atom stereocenters. The molecule has 0 saturated carbocycles. The van der Waals surface area contributed by atoms with Gasteiger partial charge in [-0.3, -0.25) is 0 Å². The third-order valence-corrected chi connectivity index (χ3v) is 15.8. The van der Waals surface area contributed by atoms with Gasteiger partial charge in [-0.2, -0.15) is 0 Å². The number of benzene rings is 12. The summed E-state index contributed by atoms with van der Waals surface area (Å²) in [4.78, 5) is 2.43. The van der Waals surface area contributed by atoms with E-state index in [4.69, 9.17) is 0 Å². The highest BCUT2D eigenvalue weighted by atomic mass is 15.1. The maximum Gasteiger partial charge on any atom is 0.0754 e. The Balaban J connectivity index is 0.894. The van der Waals surface area contributed by atoms with Crippen LogP contribution in [-0.4, -0.2) is 4.57 Å². The molecule has 340 valence electrons. The van der Waals surface area contributed by atoms with Crippen LogP contribution in [0.5, 0.6) is 0 Å². The Labute approximate surface area is 425 Å². The average molecular weight is 927 g/mol. The molecule has 73 heavy (non-hydrogen) atoms. The Morgan fingerprint density at radius 3 is 1.64 bits per heavy atom. The standard InChI is InChI=1S/C71H46N2/c1-2-18-48(19-3-1)56-23-6-7-24-57(56)60-26-9-13-33-67(60)72(53-43-38-50(39-44-53)55-28-16-21-49-20-4-5-22-54(49)55)52-41-36-47(37-42-52)51-40-45-59-58-25-8-11-30-63(58)71(66(59)46-51)64-31-12-15-35-69(64)73-68-34-14-10-27-61(68)62-29-17-32-65(71)70(62)73/h1-46H. The summed E-state index contributed by atoms with van der Waals surface area (Å²) in [6, 6.07) is 103. The molecule has 0 saturated heterocycles. The molecule has 2 aliphatic rings. The summed E-state index contributed by atoms with van der Waals surface area (Å²) in [7, 11) is 0. The second-order valence-corrected chi connectivity index (χ2v) is 19.5. The van der Waals surface area contributed by atoms with Gasteiger partial charge >= 0.3 is 0 Å². The lowest BCUT2D eigenvalue weighted by Gasteiger charge is -2.39. The Morgan fingerprint density at radius 2 is 0.822 bits per heavy atom. The zero-order valence-corrected chi connectivity index (χ0v) is 40.0. The Morgan fingerprint density at radius 1 is 0.288 bits per heavy atom. The molecule has 1 unspecified atom stereocenters. The van der Waals surface area contributed by atoms with Crippen LogP contribution in [0.25, 0.3) is 93.9 Å². The van der Waals surface area contributed by atoms with Crippen LogP contribution in [0, 0.1) is 0 Å². The normalized spacial score (nSPS) is 14.1. The monoisotopic (exact) mass is 926 g/mol. The van der Waals surface area contributed by atoms with Gasteiger partial charge in [-0.05, 0) is 132 Å². The summed E-state index contributed by atoms with van der Waals surface area (Å²) in [5, 5.41) is 5.06. The third kappa shape index (κ3) is 6.11. The Hall–Kier alpha value is -9.50. The highest BCUT2D eigenvalue weighted by Gasteiger charge is 2.50. The number of aromatic nitrogens is 1. The Kier molecular flexibility index (Phi) is 9.21. The SMILES string of the molecule is c1ccc(-c2ccccc2-c2ccccc2N(c2ccc(-c3ccc4c(c3)C3(c5ccccc5-4)c4ccccc4-n4c5ccccc5c5cccc3c54)cc2)c2ccc(-c3cccc4ccccc34)cc2)cc1. The fraction of sp³-hybridized carbons (Fsp3) is 0.0141. The van der Waals surface area contributed by atoms with Crippen LogP contribution in [0.4, 0.5) is 17.1 Å². The molecular weight excluding hydrogens is 881 g/mol.